The number of aryl methyl sites for hydroxylation is 3. The van der Waals surface area contributed by atoms with E-state index in [-0.39, 0.29) is 17.0 Å². The topological polar surface area (TPSA) is 68.9 Å². The van der Waals surface area contributed by atoms with Crippen LogP contribution in [0.25, 0.3) is 0 Å². The summed E-state index contributed by atoms with van der Waals surface area (Å²) in [5.41, 5.74) is 3.33. The largest absolute Gasteiger partial charge is 0.346 e. The van der Waals surface area contributed by atoms with E-state index >= 15 is 0 Å². The number of amides is 1. The van der Waals surface area contributed by atoms with Crippen molar-refractivity contribution in [2.75, 3.05) is 0 Å². The van der Waals surface area contributed by atoms with Crippen LogP contribution < -0.4 is 10.9 Å². The molecular weight excluding hydrogens is 280 g/mol. The van der Waals surface area contributed by atoms with Crippen molar-refractivity contribution in [3.8, 4) is 0 Å². The Labute approximate surface area is 128 Å². The van der Waals surface area contributed by atoms with E-state index in [1.54, 1.807) is 25.4 Å². The van der Waals surface area contributed by atoms with Crippen LogP contribution in [0.5, 0.6) is 0 Å². The van der Waals surface area contributed by atoms with Crippen molar-refractivity contribution in [3.63, 3.8) is 0 Å². The minimum absolute atomic E-state index is 0.168. The van der Waals surface area contributed by atoms with Gasteiger partial charge in [-0.15, -0.1) is 0 Å². The lowest BCUT2D eigenvalue weighted by atomic mass is 9.96. The number of nitrogens with one attached hydrogen (secondary N) is 1. The van der Waals surface area contributed by atoms with Gasteiger partial charge in [0.2, 0.25) is 0 Å². The Hall–Kier alpha value is -2.37. The number of aromatic nitrogens is 3. The summed E-state index contributed by atoms with van der Waals surface area (Å²) >= 11 is 0. The first kappa shape index (κ1) is 14.6. The van der Waals surface area contributed by atoms with Gasteiger partial charge < -0.3 is 9.88 Å². The van der Waals surface area contributed by atoms with E-state index in [4.69, 9.17) is 0 Å². The van der Waals surface area contributed by atoms with E-state index in [1.165, 1.54) is 23.0 Å². The van der Waals surface area contributed by atoms with Crippen molar-refractivity contribution in [3.05, 3.63) is 51.2 Å². The summed E-state index contributed by atoms with van der Waals surface area (Å²) in [5.74, 6) is -0.341. The Morgan fingerprint density at radius 2 is 2.09 bits per heavy atom. The van der Waals surface area contributed by atoms with E-state index < -0.39 is 0 Å². The normalized spacial score (nSPS) is 13.7. The zero-order valence-corrected chi connectivity index (χ0v) is 12.9. The molecule has 1 aliphatic carbocycles. The van der Waals surface area contributed by atoms with Gasteiger partial charge in [-0.25, -0.2) is 0 Å². The van der Waals surface area contributed by atoms with Crippen molar-refractivity contribution in [2.24, 2.45) is 14.1 Å². The number of nitrogens with zero attached hydrogens (tertiary/aromatic N) is 3. The molecule has 0 atom stereocenters. The van der Waals surface area contributed by atoms with Crippen molar-refractivity contribution in [1.82, 2.24) is 19.7 Å². The lowest BCUT2D eigenvalue weighted by Gasteiger charge is -2.12. The quantitative estimate of drug-likeness (QED) is 0.917. The fourth-order valence-electron chi connectivity index (χ4n) is 3.00. The zero-order valence-electron chi connectivity index (χ0n) is 12.9. The fourth-order valence-corrected chi connectivity index (χ4v) is 3.00. The lowest BCUT2D eigenvalue weighted by molar-refractivity contribution is 0.0948. The number of pyridine rings is 1. The van der Waals surface area contributed by atoms with Crippen LogP contribution in [-0.4, -0.2) is 20.3 Å². The smallest absolute Gasteiger partial charge is 0.263 e. The molecule has 0 unspecified atom stereocenters. The van der Waals surface area contributed by atoms with Crippen LogP contribution in [0.3, 0.4) is 0 Å². The van der Waals surface area contributed by atoms with Crippen molar-refractivity contribution in [1.29, 1.82) is 0 Å². The van der Waals surface area contributed by atoms with E-state index in [2.05, 4.69) is 10.4 Å². The molecule has 0 radical (unpaired) electrons. The maximum absolute atomic E-state index is 12.2. The van der Waals surface area contributed by atoms with Crippen LogP contribution in [0.1, 0.15) is 40.2 Å². The van der Waals surface area contributed by atoms with Gasteiger partial charge in [0.05, 0.1) is 17.9 Å². The van der Waals surface area contributed by atoms with Crippen molar-refractivity contribution >= 4 is 5.91 Å². The van der Waals surface area contributed by atoms with Crippen molar-refractivity contribution < 1.29 is 4.79 Å². The third-order valence-electron chi connectivity index (χ3n) is 4.23. The van der Waals surface area contributed by atoms with Gasteiger partial charge >= 0.3 is 0 Å². The number of fused-ring (bicyclic) bond motifs is 1. The van der Waals surface area contributed by atoms with Crippen LogP contribution >= 0.6 is 0 Å². The van der Waals surface area contributed by atoms with Gasteiger partial charge in [-0.2, -0.15) is 5.10 Å². The number of carbonyl (C=O) groups excluding carboxylic acids is 1. The molecule has 0 spiro atoms. The fraction of sp³-hybridized carbons (Fsp3) is 0.438. The Morgan fingerprint density at radius 1 is 1.32 bits per heavy atom. The SMILES string of the molecule is Cn1nc2c(c1CNC(=O)c1cccn(C)c1=O)CCCC2. The molecule has 2 aromatic rings. The lowest BCUT2D eigenvalue weighted by Crippen LogP contribution is -2.32. The molecule has 22 heavy (non-hydrogen) atoms. The molecule has 116 valence electrons. The van der Waals surface area contributed by atoms with E-state index in [9.17, 15) is 9.59 Å². The Kier molecular flexibility index (Phi) is 3.83. The van der Waals surface area contributed by atoms with E-state index in [1.807, 2.05) is 11.7 Å². The molecule has 0 aliphatic heterocycles. The molecule has 2 aromatic heterocycles. The van der Waals surface area contributed by atoms with Gasteiger partial charge in [0.15, 0.2) is 0 Å². The standard InChI is InChI=1S/C16H20N4O2/c1-19-9-5-7-12(16(19)22)15(21)17-10-14-11-6-3-4-8-13(11)18-20(14)2/h5,7,9H,3-4,6,8,10H2,1-2H3,(H,17,21). The highest BCUT2D eigenvalue weighted by atomic mass is 16.2. The average Bonchev–Trinajstić information content (AvgIpc) is 2.83. The van der Waals surface area contributed by atoms with Gasteiger partial charge in [0, 0.05) is 20.3 Å². The number of hydrogen-bond donors (Lipinski definition) is 1. The summed E-state index contributed by atoms with van der Waals surface area (Å²) in [7, 11) is 3.54. The molecule has 0 saturated carbocycles. The summed E-state index contributed by atoms with van der Waals surface area (Å²) in [6.45, 7) is 0.399. The highest BCUT2D eigenvalue weighted by molar-refractivity contribution is 5.93. The third kappa shape index (κ3) is 2.56. The zero-order chi connectivity index (χ0) is 15.7. The van der Waals surface area contributed by atoms with Gasteiger partial charge in [0.25, 0.3) is 11.5 Å². The molecule has 0 bridgehead atoms. The van der Waals surface area contributed by atoms with Gasteiger partial charge in [-0.05, 0) is 43.4 Å². The molecule has 1 aliphatic rings. The molecule has 3 rings (SSSR count). The molecule has 6 heteroatoms. The summed E-state index contributed by atoms with van der Waals surface area (Å²) in [6, 6.07) is 3.25. The van der Waals surface area contributed by atoms with E-state index in [0.29, 0.717) is 6.54 Å². The summed E-state index contributed by atoms with van der Waals surface area (Å²) in [6.07, 6.45) is 6.00. The average molecular weight is 300 g/mol. The first-order chi connectivity index (χ1) is 10.6. The maximum atomic E-state index is 12.2. The van der Waals surface area contributed by atoms with E-state index in [0.717, 1.165) is 24.2 Å². The molecule has 2 heterocycles. The van der Waals surface area contributed by atoms with Gasteiger partial charge in [-0.3, -0.25) is 14.3 Å². The molecule has 6 nitrogen and oxygen atoms in total. The second kappa shape index (κ2) is 5.79. The van der Waals surface area contributed by atoms with Crippen LogP contribution in [0.4, 0.5) is 0 Å². The summed E-state index contributed by atoms with van der Waals surface area (Å²) in [5, 5.41) is 7.38. The van der Waals surface area contributed by atoms with Crippen molar-refractivity contribution in [2.45, 2.75) is 32.2 Å². The highest BCUT2D eigenvalue weighted by Crippen LogP contribution is 2.23. The summed E-state index contributed by atoms with van der Waals surface area (Å²) < 4.78 is 3.25. The van der Waals surface area contributed by atoms with Crippen LogP contribution in [-0.2, 0) is 33.5 Å². The monoisotopic (exact) mass is 300 g/mol. The molecule has 0 saturated heterocycles. The Bertz CT molecular complexity index is 773. The summed E-state index contributed by atoms with van der Waals surface area (Å²) in [4.78, 5) is 24.2. The molecule has 0 fully saturated rings. The van der Waals surface area contributed by atoms with Gasteiger partial charge in [-0.1, -0.05) is 0 Å². The number of rotatable bonds is 3. The maximum Gasteiger partial charge on any atom is 0.263 e. The second-order valence-corrected chi connectivity index (χ2v) is 5.72. The van der Waals surface area contributed by atoms with Crippen LogP contribution in [0.2, 0.25) is 0 Å². The highest BCUT2D eigenvalue weighted by Gasteiger charge is 2.20. The second-order valence-electron chi connectivity index (χ2n) is 5.72. The van der Waals surface area contributed by atoms with Crippen LogP contribution in [0, 0.1) is 0 Å². The van der Waals surface area contributed by atoms with Gasteiger partial charge in [0.1, 0.15) is 5.56 Å². The molecule has 1 N–H and O–H groups in total. The molecular formula is C16H20N4O2. The molecule has 0 aromatic carbocycles. The Balaban J connectivity index is 1.78. The number of hydrogen-bond acceptors (Lipinski definition) is 3. The minimum Gasteiger partial charge on any atom is -0.346 e. The predicted octanol–water partition coefficient (Wildman–Crippen LogP) is 0.928. The first-order valence-corrected chi connectivity index (χ1v) is 7.55. The third-order valence-corrected chi connectivity index (χ3v) is 4.23. The Morgan fingerprint density at radius 3 is 2.91 bits per heavy atom. The molecule has 1 amide bonds. The predicted molar refractivity (Wildman–Crippen MR) is 82.7 cm³/mol. The number of carbonyl (C=O) groups is 1. The minimum atomic E-state index is -0.341. The first-order valence-electron chi connectivity index (χ1n) is 7.55. The van der Waals surface area contributed by atoms with Crippen LogP contribution in [0.15, 0.2) is 23.1 Å².